The Bertz CT molecular complexity index is 725. The second-order valence-corrected chi connectivity index (χ2v) is 5.90. The molecule has 0 bridgehead atoms. The van der Waals surface area contributed by atoms with Gasteiger partial charge in [0.2, 0.25) is 0 Å². The van der Waals surface area contributed by atoms with Gasteiger partial charge in [0.05, 0.1) is 12.5 Å². The number of fused-ring (bicyclic) bond motifs is 1. The SMILES string of the molecule is CCOC(=O)[C@H]1CCCN(C(=O)c2ccc3ccccc3c2)C1. The Kier molecular flexibility index (Phi) is 4.60. The Hall–Kier alpha value is -2.36. The van der Waals surface area contributed by atoms with Gasteiger partial charge >= 0.3 is 5.97 Å². The molecule has 120 valence electrons. The molecule has 1 amide bonds. The number of likely N-dealkylation sites (tertiary alicyclic amines) is 1. The highest BCUT2D eigenvalue weighted by Crippen LogP contribution is 2.22. The average Bonchev–Trinajstić information content (AvgIpc) is 2.61. The van der Waals surface area contributed by atoms with Gasteiger partial charge < -0.3 is 9.64 Å². The molecule has 0 aromatic heterocycles. The summed E-state index contributed by atoms with van der Waals surface area (Å²) in [4.78, 5) is 26.4. The smallest absolute Gasteiger partial charge is 0.310 e. The molecule has 4 heteroatoms. The van der Waals surface area contributed by atoms with Crippen molar-refractivity contribution in [2.45, 2.75) is 19.8 Å². The van der Waals surface area contributed by atoms with Gasteiger partial charge in [0, 0.05) is 18.7 Å². The molecule has 1 aliphatic heterocycles. The molecule has 1 heterocycles. The van der Waals surface area contributed by atoms with Gasteiger partial charge in [0.15, 0.2) is 0 Å². The summed E-state index contributed by atoms with van der Waals surface area (Å²) in [5.41, 5.74) is 0.674. The molecule has 4 nitrogen and oxygen atoms in total. The minimum Gasteiger partial charge on any atom is -0.466 e. The molecular formula is C19H21NO3. The van der Waals surface area contributed by atoms with Gasteiger partial charge in [0.1, 0.15) is 0 Å². The molecule has 3 rings (SSSR count). The van der Waals surface area contributed by atoms with E-state index in [4.69, 9.17) is 4.74 Å². The van der Waals surface area contributed by atoms with Crippen molar-refractivity contribution < 1.29 is 14.3 Å². The van der Waals surface area contributed by atoms with E-state index in [0.717, 1.165) is 23.6 Å². The van der Waals surface area contributed by atoms with E-state index in [-0.39, 0.29) is 17.8 Å². The second-order valence-electron chi connectivity index (χ2n) is 5.90. The topological polar surface area (TPSA) is 46.6 Å². The van der Waals surface area contributed by atoms with Crippen LogP contribution in [0.3, 0.4) is 0 Å². The average molecular weight is 311 g/mol. The standard InChI is InChI=1S/C19H21NO3/c1-2-23-19(22)17-8-5-11-20(13-17)18(21)16-10-9-14-6-3-4-7-15(14)12-16/h3-4,6-7,9-10,12,17H,2,5,8,11,13H2,1H3/t17-/m0/s1. The van der Waals surface area contributed by atoms with Gasteiger partial charge in [-0.3, -0.25) is 9.59 Å². The third kappa shape index (κ3) is 3.36. The molecule has 23 heavy (non-hydrogen) atoms. The Morgan fingerprint density at radius 2 is 1.96 bits per heavy atom. The Labute approximate surface area is 136 Å². The second kappa shape index (κ2) is 6.82. The number of carbonyl (C=O) groups is 2. The monoisotopic (exact) mass is 311 g/mol. The number of rotatable bonds is 3. The molecule has 1 fully saturated rings. The van der Waals surface area contributed by atoms with Crippen LogP contribution in [0.5, 0.6) is 0 Å². The maximum atomic E-state index is 12.7. The lowest BCUT2D eigenvalue weighted by atomic mass is 9.97. The fourth-order valence-electron chi connectivity index (χ4n) is 3.12. The van der Waals surface area contributed by atoms with Gasteiger partial charge in [-0.1, -0.05) is 30.3 Å². The van der Waals surface area contributed by atoms with Crippen molar-refractivity contribution in [3.63, 3.8) is 0 Å². The summed E-state index contributed by atoms with van der Waals surface area (Å²) in [5.74, 6) is -0.402. The van der Waals surface area contributed by atoms with E-state index >= 15 is 0 Å². The molecule has 0 aliphatic carbocycles. The van der Waals surface area contributed by atoms with Crippen molar-refractivity contribution >= 4 is 22.6 Å². The molecule has 0 unspecified atom stereocenters. The molecule has 1 aliphatic rings. The summed E-state index contributed by atoms with van der Waals surface area (Å²) in [6.07, 6.45) is 1.63. The number of piperidine rings is 1. The summed E-state index contributed by atoms with van der Waals surface area (Å²) >= 11 is 0. The van der Waals surface area contributed by atoms with Crippen molar-refractivity contribution in [2.75, 3.05) is 19.7 Å². The number of nitrogens with zero attached hydrogens (tertiary/aromatic N) is 1. The number of amides is 1. The highest BCUT2D eigenvalue weighted by Gasteiger charge is 2.29. The van der Waals surface area contributed by atoms with Crippen LogP contribution in [0.15, 0.2) is 42.5 Å². The molecule has 1 atom stereocenters. The maximum absolute atomic E-state index is 12.7. The summed E-state index contributed by atoms with van der Waals surface area (Å²) in [6, 6.07) is 13.7. The van der Waals surface area contributed by atoms with E-state index in [2.05, 4.69) is 0 Å². The number of esters is 1. The van der Waals surface area contributed by atoms with Crippen LogP contribution in [0, 0.1) is 5.92 Å². The lowest BCUT2D eigenvalue weighted by Gasteiger charge is -2.31. The van der Waals surface area contributed by atoms with Crippen molar-refractivity contribution in [3.05, 3.63) is 48.0 Å². The Balaban J connectivity index is 1.77. The highest BCUT2D eigenvalue weighted by atomic mass is 16.5. The number of carbonyl (C=O) groups excluding carboxylic acids is 2. The van der Waals surface area contributed by atoms with E-state index in [0.29, 0.717) is 25.3 Å². The predicted molar refractivity (Wildman–Crippen MR) is 89.2 cm³/mol. The third-order valence-corrected chi connectivity index (χ3v) is 4.32. The van der Waals surface area contributed by atoms with E-state index in [1.54, 1.807) is 11.8 Å². The minimum absolute atomic E-state index is 0.00949. The van der Waals surface area contributed by atoms with E-state index in [9.17, 15) is 9.59 Å². The van der Waals surface area contributed by atoms with Gasteiger partial charge in [0.25, 0.3) is 5.91 Å². The van der Waals surface area contributed by atoms with Crippen LogP contribution in [-0.4, -0.2) is 36.5 Å². The molecule has 0 spiro atoms. The summed E-state index contributed by atoms with van der Waals surface area (Å²) in [7, 11) is 0. The van der Waals surface area contributed by atoms with Crippen LogP contribution in [0.25, 0.3) is 10.8 Å². The lowest BCUT2D eigenvalue weighted by molar-refractivity contribution is -0.149. The number of benzene rings is 2. The van der Waals surface area contributed by atoms with Crippen molar-refractivity contribution in [1.29, 1.82) is 0 Å². The predicted octanol–water partition coefficient (Wildman–Crippen LogP) is 3.26. The number of hydrogen-bond acceptors (Lipinski definition) is 3. The maximum Gasteiger partial charge on any atom is 0.310 e. The summed E-state index contributed by atoms with van der Waals surface area (Å²) in [6.45, 7) is 3.33. The largest absolute Gasteiger partial charge is 0.466 e. The quantitative estimate of drug-likeness (QED) is 0.817. The van der Waals surface area contributed by atoms with Gasteiger partial charge in [-0.2, -0.15) is 0 Å². The highest BCUT2D eigenvalue weighted by molar-refractivity contribution is 5.98. The van der Waals surface area contributed by atoms with Gasteiger partial charge in [-0.05, 0) is 42.7 Å². The first kappa shape index (κ1) is 15.5. The van der Waals surface area contributed by atoms with Crippen LogP contribution in [0.1, 0.15) is 30.1 Å². The van der Waals surface area contributed by atoms with Crippen LogP contribution in [-0.2, 0) is 9.53 Å². The van der Waals surface area contributed by atoms with E-state index < -0.39 is 0 Å². The molecule has 2 aromatic rings. The summed E-state index contributed by atoms with van der Waals surface area (Å²) in [5, 5.41) is 2.17. The fraction of sp³-hybridized carbons (Fsp3) is 0.368. The van der Waals surface area contributed by atoms with Crippen molar-refractivity contribution in [2.24, 2.45) is 5.92 Å². The van der Waals surface area contributed by atoms with Crippen LogP contribution in [0.4, 0.5) is 0 Å². The molecule has 0 radical (unpaired) electrons. The minimum atomic E-state index is -0.201. The zero-order valence-electron chi connectivity index (χ0n) is 13.3. The molecule has 1 saturated heterocycles. The number of hydrogen-bond donors (Lipinski definition) is 0. The molecule has 0 saturated carbocycles. The van der Waals surface area contributed by atoms with Crippen LogP contribution < -0.4 is 0 Å². The van der Waals surface area contributed by atoms with Crippen LogP contribution in [0.2, 0.25) is 0 Å². The van der Waals surface area contributed by atoms with Gasteiger partial charge in [-0.15, -0.1) is 0 Å². The number of ether oxygens (including phenoxy) is 1. The Morgan fingerprint density at radius 3 is 2.74 bits per heavy atom. The summed E-state index contributed by atoms with van der Waals surface area (Å²) < 4.78 is 5.10. The molecular weight excluding hydrogens is 290 g/mol. The van der Waals surface area contributed by atoms with E-state index in [1.165, 1.54) is 0 Å². The molecule has 0 N–H and O–H groups in total. The Morgan fingerprint density at radius 1 is 1.17 bits per heavy atom. The first-order valence-corrected chi connectivity index (χ1v) is 8.13. The zero-order chi connectivity index (χ0) is 16.2. The molecule has 2 aromatic carbocycles. The third-order valence-electron chi connectivity index (χ3n) is 4.32. The van der Waals surface area contributed by atoms with Crippen molar-refractivity contribution in [3.8, 4) is 0 Å². The van der Waals surface area contributed by atoms with Crippen LogP contribution >= 0.6 is 0 Å². The fourth-order valence-corrected chi connectivity index (χ4v) is 3.12. The van der Waals surface area contributed by atoms with Gasteiger partial charge in [-0.25, -0.2) is 0 Å². The first-order chi connectivity index (χ1) is 11.2. The zero-order valence-corrected chi connectivity index (χ0v) is 13.3. The van der Waals surface area contributed by atoms with Crippen molar-refractivity contribution in [1.82, 2.24) is 4.90 Å². The normalized spacial score (nSPS) is 18.0. The van der Waals surface area contributed by atoms with E-state index in [1.807, 2.05) is 42.5 Å². The first-order valence-electron chi connectivity index (χ1n) is 8.13. The lowest BCUT2D eigenvalue weighted by Crippen LogP contribution is -2.42.